The molecule has 2 atom stereocenters. The molecule has 2 unspecified atom stereocenters. The van der Waals surface area contributed by atoms with E-state index in [-0.39, 0.29) is 23.5 Å². The quantitative estimate of drug-likeness (QED) is 0.371. The van der Waals surface area contributed by atoms with Crippen LogP contribution in [0.1, 0.15) is 34.1 Å². The van der Waals surface area contributed by atoms with Crippen LogP contribution in [0.25, 0.3) is 5.57 Å². The first-order chi connectivity index (χ1) is 18.5. The van der Waals surface area contributed by atoms with Crippen molar-refractivity contribution in [3.05, 3.63) is 118 Å². The summed E-state index contributed by atoms with van der Waals surface area (Å²) in [6, 6.07) is 20.1. The van der Waals surface area contributed by atoms with Gasteiger partial charge in [-0.1, -0.05) is 64.5 Å². The lowest BCUT2D eigenvalue weighted by molar-refractivity contribution is -0.113. The minimum atomic E-state index is -0.440. The van der Waals surface area contributed by atoms with Crippen molar-refractivity contribution in [1.29, 1.82) is 0 Å². The maximum absolute atomic E-state index is 13.6. The van der Waals surface area contributed by atoms with Crippen LogP contribution in [0.4, 0.5) is 0 Å². The molecule has 8 heteroatoms. The largest absolute Gasteiger partial charge is 0.497 e. The second-order valence-electron chi connectivity index (χ2n) is 9.03. The van der Waals surface area contributed by atoms with E-state index < -0.39 is 6.04 Å². The zero-order chi connectivity index (χ0) is 26.2. The predicted molar refractivity (Wildman–Crippen MR) is 148 cm³/mol. The second-order valence-corrected chi connectivity index (χ2v) is 9.94. The Balaban J connectivity index is 1.50. The molecular formula is C30H22BrN3O4. The number of allylic oxidation sites excluding steroid dienone is 5. The Kier molecular flexibility index (Phi) is 6.25. The van der Waals surface area contributed by atoms with Crippen LogP contribution in [-0.4, -0.2) is 35.4 Å². The third kappa shape index (κ3) is 4.26. The number of hydrogen-bond acceptors (Lipinski definition) is 5. The third-order valence-electron chi connectivity index (χ3n) is 6.81. The highest BCUT2D eigenvalue weighted by atomic mass is 79.9. The zero-order valence-electron chi connectivity index (χ0n) is 20.4. The Labute approximate surface area is 227 Å². The molecule has 3 aliphatic rings. The molecule has 7 nitrogen and oxygen atoms in total. The second kappa shape index (κ2) is 9.87. The van der Waals surface area contributed by atoms with Gasteiger partial charge in [-0.05, 0) is 53.1 Å². The number of carbonyl (C=O) groups excluding carboxylic acids is 2. The van der Waals surface area contributed by atoms with Gasteiger partial charge in [-0.3, -0.25) is 9.59 Å². The smallest absolute Gasteiger partial charge is 0.310 e. The predicted octanol–water partition coefficient (Wildman–Crippen LogP) is 6.13. The van der Waals surface area contributed by atoms with E-state index in [1.807, 2.05) is 72.8 Å². The van der Waals surface area contributed by atoms with Gasteiger partial charge in [0.25, 0.3) is 5.91 Å². The fourth-order valence-electron chi connectivity index (χ4n) is 5.02. The highest BCUT2D eigenvalue weighted by Crippen LogP contribution is 2.42. The van der Waals surface area contributed by atoms with Crippen LogP contribution in [0.5, 0.6) is 5.75 Å². The minimum Gasteiger partial charge on any atom is -0.497 e. The Morgan fingerprint density at radius 1 is 1.05 bits per heavy atom. The first-order valence-electron chi connectivity index (χ1n) is 12.1. The van der Waals surface area contributed by atoms with E-state index >= 15 is 0 Å². The van der Waals surface area contributed by atoms with Gasteiger partial charge in [-0.2, -0.15) is 5.10 Å². The van der Waals surface area contributed by atoms with Crippen LogP contribution in [0, 0.1) is 5.92 Å². The van der Waals surface area contributed by atoms with Crippen LogP contribution in [0.2, 0.25) is 0 Å². The van der Waals surface area contributed by atoms with E-state index in [4.69, 9.17) is 14.3 Å². The molecule has 0 saturated heterocycles. The lowest BCUT2D eigenvalue weighted by Gasteiger charge is -2.27. The number of dihydropyridines is 1. The Hall–Kier alpha value is -4.30. The maximum Gasteiger partial charge on any atom is 0.310 e. The maximum atomic E-state index is 13.6. The number of hydrazone groups is 1. The van der Waals surface area contributed by atoms with Gasteiger partial charge >= 0.3 is 5.91 Å². The van der Waals surface area contributed by atoms with E-state index in [0.717, 1.165) is 21.2 Å². The van der Waals surface area contributed by atoms with Gasteiger partial charge in [0, 0.05) is 16.8 Å². The van der Waals surface area contributed by atoms with Gasteiger partial charge in [0.2, 0.25) is 0 Å². The number of methoxy groups -OCH3 is 1. The summed E-state index contributed by atoms with van der Waals surface area (Å²) >= 11 is 3.58. The molecule has 1 aromatic heterocycles. The molecule has 3 heterocycles. The van der Waals surface area contributed by atoms with E-state index in [2.05, 4.69) is 20.9 Å². The van der Waals surface area contributed by atoms with E-state index in [1.165, 1.54) is 11.3 Å². The van der Waals surface area contributed by atoms with Gasteiger partial charge < -0.3 is 9.15 Å². The van der Waals surface area contributed by atoms with Crippen LogP contribution in [0.15, 0.2) is 116 Å². The highest BCUT2D eigenvalue weighted by molar-refractivity contribution is 9.11. The molecule has 0 spiro atoms. The van der Waals surface area contributed by atoms with Gasteiger partial charge in [0.15, 0.2) is 5.76 Å². The summed E-state index contributed by atoms with van der Waals surface area (Å²) in [5, 5.41) is 6.17. The molecule has 1 aliphatic carbocycles. The number of rotatable bonds is 5. The topological polar surface area (TPSA) is 84.5 Å². The number of aliphatic imine (C=N–C) groups is 1. The fraction of sp³-hybridized carbons (Fsp3) is 0.133. The molecule has 0 fully saturated rings. The van der Waals surface area contributed by atoms with Crippen molar-refractivity contribution in [2.45, 2.75) is 12.5 Å². The molecule has 2 aromatic carbocycles. The van der Waals surface area contributed by atoms with Crippen molar-refractivity contribution < 1.29 is 18.7 Å². The van der Waals surface area contributed by atoms with Crippen molar-refractivity contribution in [2.75, 3.05) is 7.11 Å². The number of furan rings is 1. The molecule has 0 N–H and O–H groups in total. The number of fused-ring (bicyclic) bond motifs is 1. The Bertz CT molecular complexity index is 1570. The standard InChI is InChI=1S/C30H22BrN3O4/c1-37-21-12-9-18(10-13-21)25-17-24(33-34(25)30(36)26-8-5-15-38-26)28-27(19-6-3-2-4-7-19)22-16-20(31)11-14-23(22)32-29(28)35/h2-16,22,25H,17H2,1H3. The summed E-state index contributed by atoms with van der Waals surface area (Å²) in [6.07, 6.45) is 7.57. The molecule has 0 saturated carbocycles. The molecule has 2 amide bonds. The number of hydrogen-bond donors (Lipinski definition) is 0. The fourth-order valence-corrected chi connectivity index (χ4v) is 5.42. The van der Waals surface area contributed by atoms with Crippen molar-refractivity contribution in [2.24, 2.45) is 16.0 Å². The van der Waals surface area contributed by atoms with E-state index in [9.17, 15) is 9.59 Å². The van der Waals surface area contributed by atoms with Crippen molar-refractivity contribution in [1.82, 2.24) is 5.01 Å². The van der Waals surface area contributed by atoms with Crippen LogP contribution >= 0.6 is 15.9 Å². The molecule has 3 aromatic rings. The van der Waals surface area contributed by atoms with Gasteiger partial charge in [-0.25, -0.2) is 10.0 Å². The summed E-state index contributed by atoms with van der Waals surface area (Å²) in [5.74, 6) is -0.112. The summed E-state index contributed by atoms with van der Waals surface area (Å²) in [7, 11) is 1.60. The number of amides is 2. The lowest BCUT2D eigenvalue weighted by atomic mass is 9.79. The molecule has 0 radical (unpaired) electrons. The summed E-state index contributed by atoms with van der Waals surface area (Å²) < 4.78 is 11.6. The van der Waals surface area contributed by atoms with E-state index in [0.29, 0.717) is 29.2 Å². The normalized spacial score (nSPS) is 20.6. The van der Waals surface area contributed by atoms with Crippen LogP contribution < -0.4 is 4.74 Å². The van der Waals surface area contributed by atoms with Crippen molar-refractivity contribution >= 4 is 44.7 Å². The van der Waals surface area contributed by atoms with Gasteiger partial charge in [-0.15, -0.1) is 0 Å². The number of ether oxygens (including phenoxy) is 1. The first-order valence-corrected chi connectivity index (χ1v) is 12.9. The van der Waals surface area contributed by atoms with E-state index in [1.54, 1.807) is 19.2 Å². The monoisotopic (exact) mass is 567 g/mol. The van der Waals surface area contributed by atoms with Crippen molar-refractivity contribution in [3.63, 3.8) is 0 Å². The molecule has 6 rings (SSSR count). The van der Waals surface area contributed by atoms with Gasteiger partial charge in [0.05, 0.1) is 36.4 Å². The SMILES string of the molecule is COc1ccc(C2CC(C3=C(c4ccccc4)C4C=C(Br)C=CC4=NC3=O)=NN2C(=O)c2ccco2)cc1. The molecule has 38 heavy (non-hydrogen) atoms. The number of benzene rings is 2. The van der Waals surface area contributed by atoms with Crippen LogP contribution in [0.3, 0.4) is 0 Å². The molecule has 2 aliphatic heterocycles. The third-order valence-corrected chi connectivity index (χ3v) is 7.34. The number of carbonyl (C=O) groups is 2. The molecule has 188 valence electrons. The summed E-state index contributed by atoms with van der Waals surface area (Å²) in [5.41, 5.74) is 4.19. The highest BCUT2D eigenvalue weighted by Gasteiger charge is 2.40. The Morgan fingerprint density at radius 3 is 2.55 bits per heavy atom. The molecular weight excluding hydrogens is 546 g/mol. The average Bonchev–Trinajstić information content (AvgIpc) is 3.64. The molecule has 0 bridgehead atoms. The average molecular weight is 568 g/mol. The zero-order valence-corrected chi connectivity index (χ0v) is 22.0. The first kappa shape index (κ1) is 24.1. The summed E-state index contributed by atoms with van der Waals surface area (Å²) in [6.45, 7) is 0. The summed E-state index contributed by atoms with van der Waals surface area (Å²) in [4.78, 5) is 31.5. The number of halogens is 1. The van der Waals surface area contributed by atoms with Crippen molar-refractivity contribution in [3.8, 4) is 5.75 Å². The lowest BCUT2D eigenvalue weighted by Crippen LogP contribution is -2.27. The van der Waals surface area contributed by atoms with Gasteiger partial charge in [0.1, 0.15) is 5.75 Å². The van der Waals surface area contributed by atoms with Crippen LogP contribution in [-0.2, 0) is 4.79 Å². The number of nitrogens with zero attached hydrogens (tertiary/aromatic N) is 3. The Morgan fingerprint density at radius 2 is 1.84 bits per heavy atom. The minimum absolute atomic E-state index is 0.172.